The van der Waals surface area contributed by atoms with Gasteiger partial charge in [0.05, 0.1) is 17.7 Å². The molecule has 3 aromatic rings. The summed E-state index contributed by atoms with van der Waals surface area (Å²) in [7, 11) is 0. The van der Waals surface area contributed by atoms with Gasteiger partial charge in [0.25, 0.3) is 0 Å². The first-order valence-corrected chi connectivity index (χ1v) is 12.3. The Bertz CT molecular complexity index is 1190. The van der Waals surface area contributed by atoms with Gasteiger partial charge in [-0.1, -0.05) is 62.6 Å². The molecule has 4 rings (SSSR count). The molecule has 0 saturated heterocycles. The molecular weight excluding hydrogens is 452 g/mol. The molecule has 0 fully saturated rings. The van der Waals surface area contributed by atoms with Crippen LogP contribution in [0.25, 0.3) is 11.1 Å². The third-order valence-corrected chi connectivity index (χ3v) is 5.83. The van der Waals surface area contributed by atoms with Gasteiger partial charge in [0.1, 0.15) is 17.6 Å². The fourth-order valence-corrected chi connectivity index (χ4v) is 3.77. The lowest BCUT2D eigenvalue weighted by atomic mass is 10.0. The Morgan fingerprint density at radius 3 is 1.86 bits per heavy atom. The predicted octanol–water partition coefficient (Wildman–Crippen LogP) is 7.18. The topological polar surface area (TPSA) is 61.8 Å². The average Bonchev–Trinajstić information content (AvgIpc) is 3.42. The van der Waals surface area contributed by atoms with Gasteiger partial charge in [0.15, 0.2) is 0 Å². The molecule has 0 aromatic heterocycles. The Hall–Kier alpha value is -4.12. The zero-order valence-corrected chi connectivity index (χ0v) is 20.4. The molecule has 3 aromatic carbocycles. The predicted molar refractivity (Wildman–Crippen MR) is 140 cm³/mol. The Morgan fingerprint density at radius 2 is 1.22 bits per heavy atom. The molecule has 0 atom stereocenters. The zero-order valence-electron chi connectivity index (χ0n) is 20.4. The fraction of sp³-hybridized carbons (Fsp3) is 0.226. The van der Waals surface area contributed by atoms with Crippen molar-refractivity contribution in [2.24, 2.45) is 0 Å². The summed E-state index contributed by atoms with van der Waals surface area (Å²) in [5, 5.41) is 0. The normalized spacial score (nSPS) is 12.5. The number of carbonyl (C=O) groups excluding carboxylic acids is 2. The Kier molecular flexibility index (Phi) is 8.71. The highest BCUT2D eigenvalue weighted by molar-refractivity contribution is 5.91. The molecule has 36 heavy (non-hydrogen) atoms. The summed E-state index contributed by atoms with van der Waals surface area (Å²) >= 11 is 0. The van der Waals surface area contributed by atoms with Crippen molar-refractivity contribution in [2.45, 2.75) is 38.7 Å². The van der Waals surface area contributed by atoms with Crippen molar-refractivity contribution in [1.82, 2.24) is 0 Å². The number of carbonyl (C=O) groups is 2. The lowest BCUT2D eigenvalue weighted by molar-refractivity contribution is 0.0466. The number of rotatable bonds is 11. The van der Waals surface area contributed by atoms with Gasteiger partial charge in [-0.25, -0.2) is 9.59 Å². The molecular formula is C31H30O5. The molecule has 0 bridgehead atoms. The van der Waals surface area contributed by atoms with Crippen LogP contribution in [0.5, 0.6) is 11.5 Å². The Labute approximate surface area is 212 Å². The fourth-order valence-electron chi connectivity index (χ4n) is 3.77. The summed E-state index contributed by atoms with van der Waals surface area (Å²) in [5.74, 6) is 0.417. The maximum atomic E-state index is 12.5. The van der Waals surface area contributed by atoms with E-state index in [1.165, 1.54) is 12.8 Å². The highest BCUT2D eigenvalue weighted by atomic mass is 16.5. The molecule has 5 nitrogen and oxygen atoms in total. The van der Waals surface area contributed by atoms with Gasteiger partial charge in [0.2, 0.25) is 0 Å². The second-order valence-corrected chi connectivity index (χ2v) is 8.56. The number of ether oxygens (including phenoxy) is 3. The van der Waals surface area contributed by atoms with Crippen LogP contribution in [0.2, 0.25) is 0 Å². The lowest BCUT2D eigenvalue weighted by Gasteiger charge is -2.09. The van der Waals surface area contributed by atoms with Crippen molar-refractivity contribution in [1.29, 1.82) is 0 Å². The van der Waals surface area contributed by atoms with Gasteiger partial charge in [-0.2, -0.15) is 0 Å². The summed E-state index contributed by atoms with van der Waals surface area (Å²) < 4.78 is 16.6. The van der Waals surface area contributed by atoms with E-state index in [4.69, 9.17) is 14.2 Å². The number of esters is 2. The van der Waals surface area contributed by atoms with Gasteiger partial charge in [-0.05, 0) is 78.2 Å². The van der Waals surface area contributed by atoms with Crippen molar-refractivity contribution < 1.29 is 23.8 Å². The molecule has 0 saturated carbocycles. The van der Waals surface area contributed by atoms with Crippen LogP contribution in [-0.2, 0) is 4.74 Å². The quantitative estimate of drug-likeness (QED) is 0.164. The van der Waals surface area contributed by atoms with Crippen LogP contribution in [0.3, 0.4) is 0 Å². The van der Waals surface area contributed by atoms with Crippen molar-refractivity contribution in [3.8, 4) is 22.6 Å². The van der Waals surface area contributed by atoms with E-state index in [0.717, 1.165) is 29.7 Å². The average molecular weight is 483 g/mol. The van der Waals surface area contributed by atoms with Crippen LogP contribution in [0.15, 0.2) is 97.1 Å². The van der Waals surface area contributed by atoms with E-state index in [0.29, 0.717) is 23.5 Å². The molecule has 0 N–H and O–H groups in total. The van der Waals surface area contributed by atoms with E-state index in [2.05, 4.69) is 6.92 Å². The van der Waals surface area contributed by atoms with Crippen molar-refractivity contribution >= 4 is 11.9 Å². The minimum atomic E-state index is -0.424. The summed E-state index contributed by atoms with van der Waals surface area (Å²) in [5.41, 5.74) is 2.83. The Balaban J connectivity index is 1.29. The third kappa shape index (κ3) is 6.95. The number of allylic oxidation sites excluding steroid dienone is 2. The molecule has 184 valence electrons. The van der Waals surface area contributed by atoms with Crippen LogP contribution < -0.4 is 9.47 Å². The first-order valence-electron chi connectivity index (χ1n) is 12.3. The largest absolute Gasteiger partial charge is 0.494 e. The van der Waals surface area contributed by atoms with Gasteiger partial charge >= 0.3 is 11.9 Å². The highest BCUT2D eigenvalue weighted by Crippen LogP contribution is 2.24. The smallest absolute Gasteiger partial charge is 0.343 e. The monoisotopic (exact) mass is 482 g/mol. The van der Waals surface area contributed by atoms with Crippen LogP contribution in [0, 0.1) is 0 Å². The van der Waals surface area contributed by atoms with Crippen molar-refractivity contribution in [2.75, 3.05) is 6.61 Å². The minimum Gasteiger partial charge on any atom is -0.494 e. The molecule has 0 spiro atoms. The van der Waals surface area contributed by atoms with Crippen LogP contribution in [0.1, 0.15) is 53.3 Å². The summed E-state index contributed by atoms with van der Waals surface area (Å²) in [6.45, 7) is 2.86. The van der Waals surface area contributed by atoms with Gasteiger partial charge in [0, 0.05) is 0 Å². The summed E-state index contributed by atoms with van der Waals surface area (Å²) in [6.07, 6.45) is 11.6. The van der Waals surface area contributed by atoms with Crippen molar-refractivity contribution in [3.05, 3.63) is 108 Å². The molecule has 1 aliphatic rings. The molecule has 0 aliphatic heterocycles. The maximum absolute atomic E-state index is 12.5. The maximum Gasteiger partial charge on any atom is 0.343 e. The Morgan fingerprint density at radius 1 is 0.667 bits per heavy atom. The first-order chi connectivity index (χ1) is 17.6. The van der Waals surface area contributed by atoms with E-state index >= 15 is 0 Å². The highest BCUT2D eigenvalue weighted by Gasteiger charge is 2.13. The van der Waals surface area contributed by atoms with Gasteiger partial charge < -0.3 is 14.2 Å². The molecule has 0 heterocycles. The number of unbranched alkanes of at least 4 members (excludes halogenated alkanes) is 3. The first kappa shape index (κ1) is 25.0. The molecule has 0 radical (unpaired) electrons. The minimum absolute atomic E-state index is 0.306. The van der Waals surface area contributed by atoms with E-state index in [1.807, 2.05) is 48.6 Å². The number of benzene rings is 3. The van der Waals surface area contributed by atoms with Gasteiger partial charge in [-0.3, -0.25) is 0 Å². The zero-order chi connectivity index (χ0) is 25.2. The number of hydrogen-bond acceptors (Lipinski definition) is 5. The number of hydrogen-bond donors (Lipinski definition) is 0. The van der Waals surface area contributed by atoms with Gasteiger partial charge in [-0.15, -0.1) is 0 Å². The molecule has 0 unspecified atom stereocenters. The SMILES string of the molecule is CCCCCCOc1ccc(C(=O)Oc2ccc(-c3ccc(C(=O)OC4C=CC=C4)cc3)cc2)cc1. The lowest BCUT2D eigenvalue weighted by Crippen LogP contribution is -2.12. The molecule has 5 heteroatoms. The molecule has 0 amide bonds. The van der Waals surface area contributed by atoms with E-state index < -0.39 is 5.97 Å². The van der Waals surface area contributed by atoms with E-state index in [1.54, 1.807) is 48.5 Å². The van der Waals surface area contributed by atoms with Crippen molar-refractivity contribution in [3.63, 3.8) is 0 Å². The van der Waals surface area contributed by atoms with E-state index in [-0.39, 0.29) is 12.1 Å². The second-order valence-electron chi connectivity index (χ2n) is 8.56. The molecule has 1 aliphatic carbocycles. The van der Waals surface area contributed by atoms with Crippen LogP contribution in [-0.4, -0.2) is 24.6 Å². The van der Waals surface area contributed by atoms with Crippen LogP contribution >= 0.6 is 0 Å². The van der Waals surface area contributed by atoms with Crippen LogP contribution in [0.4, 0.5) is 0 Å². The summed E-state index contributed by atoms with van der Waals surface area (Å²) in [4.78, 5) is 24.8. The standard InChI is InChI=1S/C31H30O5/c1-2-3-4-7-22-34-27-18-16-26(17-19-27)31(33)36-29-20-14-24(15-21-29)23-10-12-25(13-11-23)30(32)35-28-8-5-6-9-28/h5-6,8-21,28H,2-4,7,22H2,1H3. The summed E-state index contributed by atoms with van der Waals surface area (Å²) in [6, 6.07) is 21.5. The third-order valence-electron chi connectivity index (χ3n) is 5.83. The second kappa shape index (κ2) is 12.5. The van der Waals surface area contributed by atoms with E-state index in [9.17, 15) is 9.59 Å².